The molecule has 0 aliphatic carbocycles. The highest BCUT2D eigenvalue weighted by Gasteiger charge is 2.37. The third-order valence-corrected chi connectivity index (χ3v) is 3.15. The first kappa shape index (κ1) is 11.9. The van der Waals surface area contributed by atoms with Crippen molar-refractivity contribution in [2.45, 2.75) is 12.7 Å². The Labute approximate surface area is 99.3 Å². The van der Waals surface area contributed by atoms with Crippen molar-refractivity contribution in [1.82, 2.24) is 14.7 Å². The van der Waals surface area contributed by atoms with Gasteiger partial charge in [0, 0.05) is 31.7 Å². The molecule has 90 valence electrons. The molecule has 1 fully saturated rings. The molecule has 0 N–H and O–H groups in total. The van der Waals surface area contributed by atoms with Gasteiger partial charge in [-0.2, -0.15) is 18.3 Å². The highest BCUT2D eigenvalue weighted by molar-refractivity contribution is 9.10. The van der Waals surface area contributed by atoms with Gasteiger partial charge in [0.2, 0.25) is 0 Å². The first-order valence-corrected chi connectivity index (χ1v) is 5.64. The van der Waals surface area contributed by atoms with Gasteiger partial charge in [0.05, 0.1) is 4.47 Å². The maximum absolute atomic E-state index is 12.4. The van der Waals surface area contributed by atoms with E-state index in [0.29, 0.717) is 12.5 Å². The van der Waals surface area contributed by atoms with E-state index < -0.39 is 11.9 Å². The topological polar surface area (TPSA) is 21.1 Å². The third-order valence-electron chi connectivity index (χ3n) is 2.57. The number of alkyl halides is 3. The van der Waals surface area contributed by atoms with Crippen molar-refractivity contribution in [2.75, 3.05) is 20.1 Å². The third kappa shape index (κ3) is 2.40. The summed E-state index contributed by atoms with van der Waals surface area (Å²) < 4.78 is 38.7. The summed E-state index contributed by atoms with van der Waals surface area (Å²) in [6.07, 6.45) is -3.00. The smallest absolute Gasteiger partial charge is 0.306 e. The fourth-order valence-corrected chi connectivity index (χ4v) is 2.43. The Bertz CT molecular complexity index is 382. The lowest BCUT2D eigenvalue weighted by Gasteiger charge is -2.35. The van der Waals surface area contributed by atoms with E-state index in [0.717, 1.165) is 13.1 Å². The average Bonchev–Trinajstić information content (AvgIpc) is 2.43. The number of rotatable bonds is 2. The number of nitrogens with zero attached hydrogens (tertiary/aromatic N) is 3. The standard InChI is InChI=1S/C9H11BrF3N3/c1-15-2-6(3-15)4-16-5-7(10)8(14-16)9(11,12)13/h5-6H,2-4H2,1H3. The number of aromatic nitrogens is 2. The minimum atomic E-state index is -4.39. The molecule has 0 radical (unpaired) electrons. The van der Waals surface area contributed by atoms with E-state index in [4.69, 9.17) is 0 Å². The summed E-state index contributed by atoms with van der Waals surface area (Å²) in [6.45, 7) is 2.37. The van der Waals surface area contributed by atoms with Crippen LogP contribution in [0.25, 0.3) is 0 Å². The number of hydrogen-bond donors (Lipinski definition) is 0. The normalized spacial score (nSPS) is 18.8. The van der Waals surface area contributed by atoms with E-state index in [1.54, 1.807) is 0 Å². The van der Waals surface area contributed by atoms with Crippen molar-refractivity contribution in [3.63, 3.8) is 0 Å². The van der Waals surface area contributed by atoms with Crippen LogP contribution in [0.1, 0.15) is 5.69 Å². The van der Waals surface area contributed by atoms with Gasteiger partial charge in [0.1, 0.15) is 0 Å². The summed E-state index contributed by atoms with van der Waals surface area (Å²) in [4.78, 5) is 2.12. The molecule has 1 saturated heterocycles. The summed E-state index contributed by atoms with van der Waals surface area (Å²) in [5.41, 5.74) is -0.847. The zero-order chi connectivity index (χ0) is 11.9. The largest absolute Gasteiger partial charge is 0.436 e. The second-order valence-corrected chi connectivity index (χ2v) is 4.99. The average molecular weight is 298 g/mol. The van der Waals surface area contributed by atoms with Crippen LogP contribution in [-0.2, 0) is 12.7 Å². The molecule has 0 amide bonds. The first-order chi connectivity index (χ1) is 7.36. The monoisotopic (exact) mass is 297 g/mol. The van der Waals surface area contributed by atoms with Crippen LogP contribution in [0.3, 0.4) is 0 Å². The molecule has 0 spiro atoms. The van der Waals surface area contributed by atoms with Gasteiger partial charge in [-0.3, -0.25) is 4.68 Å². The van der Waals surface area contributed by atoms with Crippen LogP contribution in [0.5, 0.6) is 0 Å². The Kier molecular flexibility index (Phi) is 3.00. The van der Waals surface area contributed by atoms with Gasteiger partial charge in [0.15, 0.2) is 5.69 Å². The summed E-state index contributed by atoms with van der Waals surface area (Å²) in [5, 5.41) is 3.55. The molecule has 3 nitrogen and oxygen atoms in total. The van der Waals surface area contributed by atoms with Gasteiger partial charge in [-0.05, 0) is 23.0 Å². The molecule has 2 heterocycles. The summed E-state index contributed by atoms with van der Waals surface area (Å²) in [6, 6.07) is 0. The van der Waals surface area contributed by atoms with E-state index in [9.17, 15) is 13.2 Å². The number of halogens is 4. The fraction of sp³-hybridized carbons (Fsp3) is 0.667. The minimum absolute atomic E-state index is 0.00711. The van der Waals surface area contributed by atoms with Gasteiger partial charge in [-0.1, -0.05) is 0 Å². The van der Waals surface area contributed by atoms with Crippen LogP contribution in [0.15, 0.2) is 10.7 Å². The molecule has 16 heavy (non-hydrogen) atoms. The summed E-state index contributed by atoms with van der Waals surface area (Å²) >= 11 is 2.88. The lowest BCUT2D eigenvalue weighted by molar-refractivity contribution is -0.142. The van der Waals surface area contributed by atoms with Gasteiger partial charge in [-0.15, -0.1) is 0 Å². The van der Waals surface area contributed by atoms with E-state index in [1.807, 2.05) is 7.05 Å². The summed E-state index contributed by atoms with van der Waals surface area (Å²) in [7, 11) is 1.98. The molecule has 0 saturated carbocycles. The Morgan fingerprint density at radius 3 is 2.56 bits per heavy atom. The molecule has 0 bridgehead atoms. The maximum atomic E-state index is 12.4. The van der Waals surface area contributed by atoms with Crippen LogP contribution in [0.2, 0.25) is 0 Å². The van der Waals surface area contributed by atoms with Crippen molar-refractivity contribution in [1.29, 1.82) is 0 Å². The molecule has 1 aliphatic rings. The molecule has 1 aromatic heterocycles. The van der Waals surface area contributed by atoms with Gasteiger partial charge in [-0.25, -0.2) is 0 Å². The van der Waals surface area contributed by atoms with Crippen molar-refractivity contribution < 1.29 is 13.2 Å². The van der Waals surface area contributed by atoms with Crippen molar-refractivity contribution in [3.8, 4) is 0 Å². The highest BCUT2D eigenvalue weighted by Crippen LogP contribution is 2.33. The van der Waals surface area contributed by atoms with E-state index in [1.165, 1.54) is 10.9 Å². The van der Waals surface area contributed by atoms with E-state index in [-0.39, 0.29) is 4.47 Å². The quantitative estimate of drug-likeness (QED) is 0.835. The SMILES string of the molecule is CN1CC(Cn2cc(Br)c(C(F)(F)F)n2)C1. The second-order valence-electron chi connectivity index (χ2n) is 4.13. The van der Waals surface area contributed by atoms with Crippen LogP contribution in [0.4, 0.5) is 13.2 Å². The predicted molar refractivity (Wildman–Crippen MR) is 55.9 cm³/mol. The Hall–Kier alpha value is -0.560. The van der Waals surface area contributed by atoms with Crippen LogP contribution in [0, 0.1) is 5.92 Å². The van der Waals surface area contributed by atoms with Crippen molar-refractivity contribution in [3.05, 3.63) is 16.4 Å². The zero-order valence-electron chi connectivity index (χ0n) is 8.63. The Balaban J connectivity index is 2.06. The predicted octanol–water partition coefficient (Wildman–Crippen LogP) is 2.23. The molecule has 0 unspecified atom stereocenters. The molecular weight excluding hydrogens is 287 g/mol. The van der Waals surface area contributed by atoms with Crippen molar-refractivity contribution >= 4 is 15.9 Å². The fourth-order valence-electron chi connectivity index (χ4n) is 1.89. The first-order valence-electron chi connectivity index (χ1n) is 4.85. The van der Waals surface area contributed by atoms with Gasteiger partial charge < -0.3 is 4.90 Å². The summed E-state index contributed by atoms with van der Waals surface area (Å²) in [5.74, 6) is 0.401. The molecule has 0 atom stereocenters. The molecule has 7 heteroatoms. The van der Waals surface area contributed by atoms with Gasteiger partial charge >= 0.3 is 6.18 Å². The van der Waals surface area contributed by atoms with Crippen LogP contribution in [-0.4, -0.2) is 34.8 Å². The lowest BCUT2D eigenvalue weighted by Crippen LogP contribution is -2.45. The minimum Gasteiger partial charge on any atom is -0.306 e. The molecule has 0 aromatic carbocycles. The molecule has 1 aliphatic heterocycles. The van der Waals surface area contributed by atoms with E-state index in [2.05, 4.69) is 25.9 Å². The second kappa shape index (κ2) is 4.03. The Morgan fingerprint density at radius 1 is 1.50 bits per heavy atom. The maximum Gasteiger partial charge on any atom is 0.436 e. The van der Waals surface area contributed by atoms with E-state index >= 15 is 0 Å². The zero-order valence-corrected chi connectivity index (χ0v) is 10.2. The number of likely N-dealkylation sites (tertiary alicyclic amines) is 1. The highest BCUT2D eigenvalue weighted by atomic mass is 79.9. The molecule has 1 aromatic rings. The van der Waals surface area contributed by atoms with Gasteiger partial charge in [0.25, 0.3) is 0 Å². The lowest BCUT2D eigenvalue weighted by atomic mass is 10.0. The van der Waals surface area contributed by atoms with Crippen LogP contribution < -0.4 is 0 Å². The van der Waals surface area contributed by atoms with Crippen LogP contribution >= 0.6 is 15.9 Å². The molecular formula is C9H11BrF3N3. The molecule has 2 rings (SSSR count). The Morgan fingerprint density at radius 2 is 2.12 bits per heavy atom. The van der Waals surface area contributed by atoms with Crippen molar-refractivity contribution in [2.24, 2.45) is 5.92 Å². The number of hydrogen-bond acceptors (Lipinski definition) is 2.